The summed E-state index contributed by atoms with van der Waals surface area (Å²) in [5, 5.41) is 12.3. The van der Waals surface area contributed by atoms with E-state index >= 15 is 0 Å². The van der Waals surface area contributed by atoms with Crippen LogP contribution >= 0.6 is 0 Å². The summed E-state index contributed by atoms with van der Waals surface area (Å²) in [6, 6.07) is 17.7. The fourth-order valence-electron chi connectivity index (χ4n) is 3.51. The summed E-state index contributed by atoms with van der Waals surface area (Å²) in [4.78, 5) is 0. The third-order valence-corrected chi connectivity index (χ3v) is 4.92. The van der Waals surface area contributed by atoms with E-state index in [1.165, 1.54) is 0 Å². The van der Waals surface area contributed by atoms with Crippen LogP contribution in [0.3, 0.4) is 0 Å². The van der Waals surface area contributed by atoms with E-state index in [0.717, 1.165) is 33.4 Å². The molecule has 3 aromatic carbocycles. The van der Waals surface area contributed by atoms with Crippen LogP contribution in [0.1, 0.15) is 17.5 Å². The Hall–Kier alpha value is -2.76. The molecule has 1 N–H and O–H groups in total. The molecule has 5 nitrogen and oxygen atoms in total. The summed E-state index contributed by atoms with van der Waals surface area (Å²) < 4.78 is 22.5. The number of ether oxygens (including phenoxy) is 4. The second-order valence-corrected chi connectivity index (χ2v) is 6.84. The molecule has 0 saturated heterocycles. The van der Waals surface area contributed by atoms with Crippen molar-refractivity contribution >= 4 is 10.8 Å². The number of rotatable bonds is 10. The number of aliphatic hydroxyl groups is 1. The van der Waals surface area contributed by atoms with Crippen LogP contribution in [0.4, 0.5) is 0 Å². The van der Waals surface area contributed by atoms with Gasteiger partial charge in [0.25, 0.3) is 0 Å². The lowest BCUT2D eigenvalue weighted by molar-refractivity contribution is 0.0734. The molecular formula is C24H28O5. The Kier molecular flexibility index (Phi) is 7.33. The molecule has 0 radical (unpaired) electrons. The van der Waals surface area contributed by atoms with Gasteiger partial charge in [0.1, 0.15) is 17.2 Å². The van der Waals surface area contributed by atoms with Gasteiger partial charge in [-0.05, 0) is 24.1 Å². The highest BCUT2D eigenvalue weighted by molar-refractivity contribution is 5.99. The van der Waals surface area contributed by atoms with Gasteiger partial charge in [-0.25, -0.2) is 0 Å². The second-order valence-electron chi connectivity index (χ2n) is 6.84. The van der Waals surface area contributed by atoms with Crippen LogP contribution in [0.2, 0.25) is 0 Å². The molecule has 0 aliphatic rings. The quantitative estimate of drug-likeness (QED) is 0.516. The van der Waals surface area contributed by atoms with Crippen molar-refractivity contribution in [3.63, 3.8) is 0 Å². The summed E-state index contributed by atoms with van der Waals surface area (Å²) in [7, 11) is 4.90. The van der Waals surface area contributed by atoms with Gasteiger partial charge in [-0.1, -0.05) is 42.5 Å². The lowest BCUT2D eigenvalue weighted by Crippen LogP contribution is -2.14. The number of benzene rings is 3. The van der Waals surface area contributed by atoms with Crippen LogP contribution in [0.25, 0.3) is 10.8 Å². The number of hydrogen-bond donors (Lipinski definition) is 1. The molecule has 1 atom stereocenters. The second kappa shape index (κ2) is 10.1. The van der Waals surface area contributed by atoms with Crippen molar-refractivity contribution < 1.29 is 24.1 Å². The van der Waals surface area contributed by atoms with Crippen LogP contribution in [-0.4, -0.2) is 39.1 Å². The Morgan fingerprint density at radius 3 is 2.31 bits per heavy atom. The van der Waals surface area contributed by atoms with Gasteiger partial charge in [-0.15, -0.1) is 0 Å². The molecule has 0 saturated carbocycles. The summed E-state index contributed by atoms with van der Waals surface area (Å²) in [5.74, 6) is 2.14. The molecule has 3 aromatic rings. The zero-order valence-corrected chi connectivity index (χ0v) is 17.2. The molecule has 1 unspecified atom stereocenters. The largest absolute Gasteiger partial charge is 0.496 e. The third kappa shape index (κ3) is 5.00. The topological polar surface area (TPSA) is 57.2 Å². The standard InChI is InChI=1S/C24H28O5/c1-26-21-11-7-10-20-23(21)22(27-2)15-18(24(20)28-3)14-19(25)12-13-29-16-17-8-5-4-6-9-17/h4-11,15,19,25H,12-14,16H2,1-3H3. The third-order valence-electron chi connectivity index (χ3n) is 4.92. The summed E-state index contributed by atoms with van der Waals surface area (Å²) >= 11 is 0. The van der Waals surface area contributed by atoms with Crippen molar-refractivity contribution in [2.75, 3.05) is 27.9 Å². The maximum Gasteiger partial charge on any atom is 0.130 e. The first-order chi connectivity index (χ1) is 14.2. The fourth-order valence-corrected chi connectivity index (χ4v) is 3.51. The summed E-state index contributed by atoms with van der Waals surface area (Å²) in [5.41, 5.74) is 2.01. The number of methoxy groups -OCH3 is 3. The minimum atomic E-state index is -0.549. The maximum absolute atomic E-state index is 10.6. The molecule has 0 bridgehead atoms. The van der Waals surface area contributed by atoms with Gasteiger partial charge in [0.2, 0.25) is 0 Å². The molecule has 0 aliphatic heterocycles. The molecule has 5 heteroatoms. The molecule has 0 fully saturated rings. The van der Waals surface area contributed by atoms with Crippen LogP contribution in [-0.2, 0) is 17.8 Å². The van der Waals surface area contributed by atoms with Gasteiger partial charge >= 0.3 is 0 Å². The van der Waals surface area contributed by atoms with Gasteiger partial charge in [-0.2, -0.15) is 0 Å². The van der Waals surface area contributed by atoms with Gasteiger partial charge in [0.15, 0.2) is 0 Å². The van der Waals surface area contributed by atoms with E-state index in [1.54, 1.807) is 21.3 Å². The van der Waals surface area contributed by atoms with Crippen molar-refractivity contribution in [3.8, 4) is 17.2 Å². The molecular weight excluding hydrogens is 368 g/mol. The van der Waals surface area contributed by atoms with Crippen molar-refractivity contribution in [2.45, 2.75) is 25.6 Å². The predicted molar refractivity (Wildman–Crippen MR) is 114 cm³/mol. The highest BCUT2D eigenvalue weighted by atomic mass is 16.5. The van der Waals surface area contributed by atoms with Gasteiger partial charge in [0.05, 0.1) is 39.4 Å². The molecule has 3 rings (SSSR count). The first-order valence-electron chi connectivity index (χ1n) is 9.68. The Bertz CT molecular complexity index is 923. The van der Waals surface area contributed by atoms with E-state index in [1.807, 2.05) is 54.6 Å². The van der Waals surface area contributed by atoms with Crippen molar-refractivity contribution in [3.05, 3.63) is 65.7 Å². The van der Waals surface area contributed by atoms with Crippen LogP contribution in [0.5, 0.6) is 17.2 Å². The lowest BCUT2D eigenvalue weighted by atomic mass is 9.98. The average molecular weight is 396 g/mol. The van der Waals surface area contributed by atoms with Gasteiger partial charge in [-0.3, -0.25) is 0 Å². The van der Waals surface area contributed by atoms with Crippen molar-refractivity contribution in [2.24, 2.45) is 0 Å². The first kappa shape index (κ1) is 21.0. The summed E-state index contributed by atoms with van der Waals surface area (Å²) in [6.45, 7) is 1.03. The van der Waals surface area contributed by atoms with E-state index in [-0.39, 0.29) is 0 Å². The van der Waals surface area contributed by atoms with E-state index in [9.17, 15) is 5.11 Å². The Labute approximate surface area is 171 Å². The van der Waals surface area contributed by atoms with E-state index in [2.05, 4.69) is 0 Å². The van der Waals surface area contributed by atoms with E-state index in [0.29, 0.717) is 31.8 Å². The lowest BCUT2D eigenvalue weighted by Gasteiger charge is -2.19. The zero-order chi connectivity index (χ0) is 20.6. The monoisotopic (exact) mass is 396 g/mol. The highest BCUT2D eigenvalue weighted by Gasteiger charge is 2.18. The normalized spacial score (nSPS) is 12.0. The molecule has 0 aliphatic carbocycles. The minimum Gasteiger partial charge on any atom is -0.496 e. The van der Waals surface area contributed by atoms with Crippen LogP contribution in [0, 0.1) is 0 Å². The smallest absolute Gasteiger partial charge is 0.130 e. The average Bonchev–Trinajstić information content (AvgIpc) is 2.76. The summed E-state index contributed by atoms with van der Waals surface area (Å²) in [6.07, 6.45) is 0.433. The first-order valence-corrected chi connectivity index (χ1v) is 9.68. The SMILES string of the molecule is COc1c(CC(O)CCOCc2ccccc2)cc(OC)c2c(OC)cccc12. The Balaban J connectivity index is 1.71. The molecule has 0 aromatic heterocycles. The van der Waals surface area contributed by atoms with Crippen molar-refractivity contribution in [1.29, 1.82) is 0 Å². The Morgan fingerprint density at radius 2 is 1.62 bits per heavy atom. The van der Waals surface area contributed by atoms with E-state index in [4.69, 9.17) is 18.9 Å². The fraction of sp³-hybridized carbons (Fsp3) is 0.333. The van der Waals surface area contributed by atoms with Gasteiger partial charge < -0.3 is 24.1 Å². The number of fused-ring (bicyclic) bond motifs is 1. The van der Waals surface area contributed by atoms with E-state index < -0.39 is 6.10 Å². The molecule has 0 heterocycles. The minimum absolute atomic E-state index is 0.446. The Morgan fingerprint density at radius 1 is 0.862 bits per heavy atom. The maximum atomic E-state index is 10.6. The van der Waals surface area contributed by atoms with Gasteiger partial charge in [0, 0.05) is 24.0 Å². The number of aliphatic hydroxyl groups excluding tert-OH is 1. The molecule has 29 heavy (non-hydrogen) atoms. The van der Waals surface area contributed by atoms with Crippen molar-refractivity contribution in [1.82, 2.24) is 0 Å². The predicted octanol–water partition coefficient (Wildman–Crippen LogP) is 4.38. The molecule has 0 amide bonds. The molecule has 0 spiro atoms. The van der Waals surface area contributed by atoms with Crippen LogP contribution < -0.4 is 14.2 Å². The highest BCUT2D eigenvalue weighted by Crippen LogP contribution is 2.42. The number of hydrogen-bond acceptors (Lipinski definition) is 5. The molecule has 154 valence electrons. The zero-order valence-electron chi connectivity index (χ0n) is 17.2. The van der Waals surface area contributed by atoms with Crippen LogP contribution in [0.15, 0.2) is 54.6 Å².